The zero-order valence-electron chi connectivity index (χ0n) is 17.7. The number of benzene rings is 2. The number of carbonyl (C=O) groups excluding carboxylic acids is 1. The highest BCUT2D eigenvalue weighted by atomic mass is 35.5. The Labute approximate surface area is 188 Å². The maximum absolute atomic E-state index is 10.3. The van der Waals surface area contributed by atoms with Gasteiger partial charge in [0.15, 0.2) is 0 Å². The van der Waals surface area contributed by atoms with Crippen LogP contribution in [0.15, 0.2) is 54.7 Å². The molecule has 0 unspecified atom stereocenters. The van der Waals surface area contributed by atoms with Gasteiger partial charge in [0.05, 0.1) is 17.8 Å². The van der Waals surface area contributed by atoms with E-state index in [2.05, 4.69) is 27.4 Å². The van der Waals surface area contributed by atoms with Crippen LogP contribution in [0.2, 0.25) is 5.02 Å². The molecule has 2 heterocycles. The molecule has 0 bridgehead atoms. The summed E-state index contributed by atoms with van der Waals surface area (Å²) in [6, 6.07) is 15.6. The zero-order valence-corrected chi connectivity index (χ0v) is 18.5. The van der Waals surface area contributed by atoms with E-state index in [-0.39, 0.29) is 6.61 Å². The number of para-hydroxylation sites is 1. The van der Waals surface area contributed by atoms with E-state index >= 15 is 0 Å². The number of aliphatic hydroxyl groups is 1. The van der Waals surface area contributed by atoms with E-state index in [1.54, 1.807) is 6.20 Å². The molecular formula is C24H29ClN4O2. The van der Waals surface area contributed by atoms with Crippen LogP contribution in [-0.2, 0) is 11.4 Å². The van der Waals surface area contributed by atoms with Gasteiger partial charge < -0.3 is 20.6 Å². The van der Waals surface area contributed by atoms with Crippen LogP contribution in [0.3, 0.4) is 0 Å². The molecule has 0 atom stereocenters. The number of amides is 1. The van der Waals surface area contributed by atoms with Crippen LogP contribution in [0.4, 0.5) is 11.4 Å². The summed E-state index contributed by atoms with van der Waals surface area (Å²) in [5.74, 6) is 0. The number of halogens is 1. The lowest BCUT2D eigenvalue weighted by molar-refractivity contribution is -0.105. The van der Waals surface area contributed by atoms with Crippen molar-refractivity contribution in [3.8, 4) is 0 Å². The van der Waals surface area contributed by atoms with Crippen molar-refractivity contribution in [2.75, 3.05) is 30.3 Å². The summed E-state index contributed by atoms with van der Waals surface area (Å²) in [5.41, 5.74) is 3.45. The number of aromatic nitrogens is 1. The normalized spacial score (nSPS) is 14.5. The number of anilines is 2. The third kappa shape index (κ3) is 6.40. The van der Waals surface area contributed by atoms with E-state index in [1.807, 2.05) is 48.5 Å². The minimum atomic E-state index is 0.0245. The van der Waals surface area contributed by atoms with Gasteiger partial charge >= 0.3 is 0 Å². The molecule has 164 valence electrons. The first-order chi connectivity index (χ1) is 15.1. The first-order valence-corrected chi connectivity index (χ1v) is 10.9. The van der Waals surface area contributed by atoms with Crippen molar-refractivity contribution in [2.24, 2.45) is 0 Å². The van der Waals surface area contributed by atoms with Crippen LogP contribution in [0, 0.1) is 0 Å². The minimum absolute atomic E-state index is 0.0245. The van der Waals surface area contributed by atoms with Crippen molar-refractivity contribution in [1.82, 2.24) is 9.88 Å². The second-order valence-electron chi connectivity index (χ2n) is 7.46. The molecule has 1 aromatic heterocycles. The summed E-state index contributed by atoms with van der Waals surface area (Å²) >= 11 is 5.93. The number of hydrogen-bond donors (Lipinski definition) is 3. The van der Waals surface area contributed by atoms with Crippen molar-refractivity contribution in [2.45, 2.75) is 32.4 Å². The number of nitrogens with zero attached hydrogens (tertiary/aromatic N) is 2. The number of hydrogen-bond acceptors (Lipinski definition) is 5. The minimum Gasteiger partial charge on any atom is -0.392 e. The molecule has 0 saturated carbocycles. The lowest BCUT2D eigenvalue weighted by Gasteiger charge is -2.32. The van der Waals surface area contributed by atoms with Gasteiger partial charge in [-0.1, -0.05) is 36.7 Å². The van der Waals surface area contributed by atoms with Gasteiger partial charge in [-0.2, -0.15) is 0 Å². The van der Waals surface area contributed by atoms with Crippen LogP contribution in [0.5, 0.6) is 0 Å². The summed E-state index contributed by atoms with van der Waals surface area (Å²) in [6.45, 7) is 5.66. The summed E-state index contributed by atoms with van der Waals surface area (Å²) in [6.07, 6.45) is 4.67. The van der Waals surface area contributed by atoms with Crippen molar-refractivity contribution in [3.63, 3.8) is 0 Å². The SMILES string of the molecule is CCN1CCC(Nc2ccc(Cl)cc2CO)CC1.O=CNc1cccc2cccnc12. The van der Waals surface area contributed by atoms with Crippen molar-refractivity contribution < 1.29 is 9.90 Å². The van der Waals surface area contributed by atoms with Gasteiger partial charge in [-0.3, -0.25) is 9.78 Å². The number of carbonyl (C=O) groups is 1. The molecule has 0 spiro atoms. The quantitative estimate of drug-likeness (QED) is 0.491. The highest BCUT2D eigenvalue weighted by Gasteiger charge is 2.18. The third-order valence-electron chi connectivity index (χ3n) is 5.48. The van der Waals surface area contributed by atoms with Gasteiger partial charge in [-0.05, 0) is 49.7 Å². The number of nitrogens with one attached hydrogen (secondary N) is 2. The van der Waals surface area contributed by atoms with E-state index in [1.165, 1.54) is 0 Å². The Kier molecular flexibility index (Phi) is 8.64. The van der Waals surface area contributed by atoms with Crippen molar-refractivity contribution in [3.05, 3.63) is 65.3 Å². The number of aliphatic hydroxyl groups excluding tert-OH is 1. The Bertz CT molecular complexity index is 985. The molecule has 1 amide bonds. The molecule has 3 N–H and O–H groups in total. The van der Waals surface area contributed by atoms with Gasteiger partial charge in [-0.15, -0.1) is 0 Å². The predicted molar refractivity (Wildman–Crippen MR) is 128 cm³/mol. The largest absolute Gasteiger partial charge is 0.392 e. The fourth-order valence-corrected chi connectivity index (χ4v) is 3.93. The molecule has 0 radical (unpaired) electrons. The number of piperidine rings is 1. The molecule has 1 saturated heterocycles. The van der Waals surface area contributed by atoms with E-state index in [0.29, 0.717) is 17.5 Å². The maximum atomic E-state index is 10.3. The van der Waals surface area contributed by atoms with Gasteiger partial charge in [0.1, 0.15) is 0 Å². The molecule has 1 aliphatic heterocycles. The Hall–Kier alpha value is -2.67. The molecule has 3 aromatic rings. The molecule has 4 rings (SSSR count). The van der Waals surface area contributed by atoms with Crippen LogP contribution >= 0.6 is 11.6 Å². The van der Waals surface area contributed by atoms with Crippen LogP contribution in [-0.4, -0.2) is 47.1 Å². The predicted octanol–water partition coefficient (Wildman–Crippen LogP) is 4.53. The third-order valence-corrected chi connectivity index (χ3v) is 5.71. The fraction of sp³-hybridized carbons (Fsp3) is 0.333. The van der Waals surface area contributed by atoms with Gasteiger partial charge in [0, 0.05) is 47.0 Å². The molecular weight excluding hydrogens is 412 g/mol. The lowest BCUT2D eigenvalue weighted by Crippen LogP contribution is -2.39. The Balaban J connectivity index is 0.000000185. The fourth-order valence-electron chi connectivity index (χ4n) is 3.73. The van der Waals surface area contributed by atoms with Gasteiger partial charge in [0.25, 0.3) is 0 Å². The van der Waals surface area contributed by atoms with Crippen LogP contribution < -0.4 is 10.6 Å². The van der Waals surface area contributed by atoms with E-state index in [4.69, 9.17) is 11.6 Å². The molecule has 0 aliphatic carbocycles. The van der Waals surface area contributed by atoms with E-state index in [9.17, 15) is 9.90 Å². The standard InChI is InChI=1S/C14H21ClN2O.C10H8N2O/c1-2-17-7-5-13(6-8-17)16-14-4-3-12(15)9-11(14)10-18;13-7-12-9-5-1-3-8-4-2-6-11-10(8)9/h3-4,9,13,16,18H,2,5-8,10H2,1H3;1-7H,(H,12,13). The molecule has 1 aliphatic rings. The molecule has 7 heteroatoms. The van der Waals surface area contributed by atoms with Crippen molar-refractivity contribution in [1.29, 1.82) is 0 Å². The van der Waals surface area contributed by atoms with Crippen LogP contribution in [0.25, 0.3) is 10.9 Å². The van der Waals surface area contributed by atoms with Crippen molar-refractivity contribution >= 4 is 40.3 Å². The maximum Gasteiger partial charge on any atom is 0.211 e. The highest BCUT2D eigenvalue weighted by Crippen LogP contribution is 2.24. The molecule has 6 nitrogen and oxygen atoms in total. The summed E-state index contributed by atoms with van der Waals surface area (Å²) < 4.78 is 0. The van der Waals surface area contributed by atoms with Gasteiger partial charge in [-0.25, -0.2) is 0 Å². The second-order valence-corrected chi connectivity index (χ2v) is 7.89. The molecule has 1 fully saturated rings. The molecule has 31 heavy (non-hydrogen) atoms. The van der Waals surface area contributed by atoms with E-state index < -0.39 is 0 Å². The zero-order chi connectivity index (χ0) is 22.1. The Morgan fingerprint density at radius 1 is 1.16 bits per heavy atom. The Morgan fingerprint density at radius 3 is 2.65 bits per heavy atom. The first kappa shape index (κ1) is 23.0. The average molecular weight is 441 g/mol. The summed E-state index contributed by atoms with van der Waals surface area (Å²) in [4.78, 5) is 16.9. The first-order valence-electron chi connectivity index (χ1n) is 10.6. The number of fused-ring (bicyclic) bond motifs is 1. The average Bonchev–Trinajstić information content (AvgIpc) is 2.81. The molecule has 2 aromatic carbocycles. The number of rotatable bonds is 6. The van der Waals surface area contributed by atoms with Gasteiger partial charge in [0.2, 0.25) is 6.41 Å². The van der Waals surface area contributed by atoms with Crippen LogP contribution in [0.1, 0.15) is 25.3 Å². The second kappa shape index (κ2) is 11.6. The summed E-state index contributed by atoms with van der Waals surface area (Å²) in [5, 5.41) is 17.2. The monoisotopic (exact) mass is 440 g/mol. The number of likely N-dealkylation sites (tertiary alicyclic amines) is 1. The van der Waals surface area contributed by atoms with E-state index in [0.717, 1.165) is 60.3 Å². The lowest BCUT2D eigenvalue weighted by atomic mass is 10.0. The smallest absolute Gasteiger partial charge is 0.211 e. The summed E-state index contributed by atoms with van der Waals surface area (Å²) in [7, 11) is 0. The topological polar surface area (TPSA) is 77.5 Å². The Morgan fingerprint density at radius 2 is 1.94 bits per heavy atom. The number of pyridine rings is 1. The highest BCUT2D eigenvalue weighted by molar-refractivity contribution is 6.30.